The number of fused-ring (bicyclic) bond motifs is 12. The van der Waals surface area contributed by atoms with Gasteiger partial charge < -0.3 is 35.0 Å². The summed E-state index contributed by atoms with van der Waals surface area (Å²) in [5, 5.41) is 56.1. The number of carbonyl (C=O) groups is 1. The predicted molar refractivity (Wildman–Crippen MR) is 486 cm³/mol. The summed E-state index contributed by atoms with van der Waals surface area (Å²) < 4.78 is 23.4. The molecule has 0 aliphatic rings. The first-order valence-electron chi connectivity index (χ1n) is 42.9. The van der Waals surface area contributed by atoms with Gasteiger partial charge in [-0.05, 0) is 232 Å². The molecule has 16 aromatic rings. The number of unbranched alkanes of at least 4 members (excludes halogenated alkanes) is 15. The van der Waals surface area contributed by atoms with Crippen LogP contribution in [0.5, 0.6) is 34.5 Å². The summed E-state index contributed by atoms with van der Waals surface area (Å²) in [4.78, 5) is 32.2. The molecule has 7 aromatic heterocycles. The SMILES string of the molecule is CCCCCCCCCCCCc1cc(C)cc(-n2n3c4ccc(Cl)cc4n23)c1O.CCCCCCCCOC(=O)CCc1cc(-n2n3c4ccc(Cl)cc4n23)c(O)c(C(C)(C)C)c1.CCCCOc1ccc(-c2nc(-c3ccc(C)cc3O)nc(-c3ccc(C)cc3O)n2)c(C)c1.Cc1cc(-n2n3c4ccc(Cl)cc4n23)c(O)c(C(C)(C)C)c1. The van der Waals surface area contributed by atoms with Gasteiger partial charge in [0.15, 0.2) is 17.5 Å². The second-order valence-corrected chi connectivity index (χ2v) is 35.7. The molecule has 0 unspecified atom stereocenters. The fourth-order valence-corrected chi connectivity index (χ4v) is 16.2. The van der Waals surface area contributed by atoms with Crippen molar-refractivity contribution in [2.45, 2.75) is 243 Å². The monoisotopic (exact) mass is 1680 g/mol. The molecule has 9 aromatic carbocycles. The molecular weight excluding hydrogens is 1570 g/mol. The summed E-state index contributed by atoms with van der Waals surface area (Å²) in [6.07, 6.45) is 24.2. The molecule has 0 amide bonds. The highest BCUT2D eigenvalue weighted by molar-refractivity contribution is 6.32. The van der Waals surface area contributed by atoms with Gasteiger partial charge in [-0.1, -0.05) is 224 Å². The van der Waals surface area contributed by atoms with E-state index in [2.05, 4.69) is 104 Å². The van der Waals surface area contributed by atoms with Gasteiger partial charge in [-0.15, -0.1) is 42.2 Å². The van der Waals surface area contributed by atoms with Crippen molar-refractivity contribution < 1.29 is 39.8 Å². The Morgan fingerprint density at radius 1 is 0.375 bits per heavy atom. The highest BCUT2D eigenvalue weighted by atomic mass is 35.5. The number of aryl methyl sites for hydroxylation is 7. The number of aromatic nitrogens is 12. The maximum Gasteiger partial charge on any atom is 0.306 e. The van der Waals surface area contributed by atoms with E-state index in [1.54, 1.807) is 24.3 Å². The number of benzene rings is 9. The van der Waals surface area contributed by atoms with Gasteiger partial charge >= 0.3 is 5.97 Å². The third-order valence-electron chi connectivity index (χ3n) is 22.4. The summed E-state index contributed by atoms with van der Waals surface area (Å²) in [7, 11) is 0. The molecule has 0 saturated carbocycles. The molecular formula is C97H117Cl3N12O8. The van der Waals surface area contributed by atoms with E-state index in [1.165, 1.54) is 89.0 Å². The summed E-state index contributed by atoms with van der Waals surface area (Å²) >= 11 is 18.3. The molecule has 20 nitrogen and oxygen atoms in total. The molecule has 7 heterocycles. The number of nitrogens with zero attached hydrogens (tertiary/aromatic N) is 12. The van der Waals surface area contributed by atoms with E-state index in [-0.39, 0.29) is 34.0 Å². The lowest BCUT2D eigenvalue weighted by Gasteiger charge is -2.22. The topological polar surface area (TPSA) is 217 Å². The number of halogens is 3. The van der Waals surface area contributed by atoms with E-state index in [1.807, 2.05) is 161 Å². The van der Waals surface area contributed by atoms with Crippen molar-refractivity contribution in [3.8, 4) is 85.7 Å². The van der Waals surface area contributed by atoms with Crippen LogP contribution >= 0.6 is 34.8 Å². The van der Waals surface area contributed by atoms with Gasteiger partial charge in [-0.2, -0.15) is 0 Å². The molecule has 0 spiro atoms. The standard InChI is InChI=1S/C28H29N3O3.C27H36ClN3O3.C25H34ClN3O.C17H18ClN3O/c1-5-6-13-34-20-9-12-21(19(4)16-20)26-29-27(22-10-7-17(2)14-24(22)32)31-28(30-26)23-11-8-18(3)15-25(23)33;1-5-6-7-8-9-10-15-34-25(32)14-11-19-16-21(27(2,3)4)26(33)24(17-19)31-29-22-13-12-20(28)18-23(22)30(29)31;1-3-4-5-6-7-8-9-10-11-12-13-20-16-19(2)17-24(25(20)30)29-27-22-15-14-21(26)18-23(22)28(27)29;1-10-7-12(17(2,3)4)16(22)15(8-10)21-19-13-6-5-11(18)9-14(13)20(19)21/h7-12,14-16,32-33H,5-6,13H2,1-4H3;12-13,16-18,33H,5-11,14-15H2,1-4H3;14-18,30H,3-13H2,1-2H3;5-9,22H,1-4H3. The van der Waals surface area contributed by atoms with Crippen LogP contribution in [0.3, 0.4) is 0 Å². The average molecular weight is 1690 g/mol. The molecule has 120 heavy (non-hydrogen) atoms. The van der Waals surface area contributed by atoms with Gasteiger partial charge in [0, 0.05) is 38.2 Å². The third kappa shape index (κ3) is 19.7. The second kappa shape index (κ2) is 37.5. The maximum absolute atomic E-state index is 12.3. The summed E-state index contributed by atoms with van der Waals surface area (Å²) in [5.41, 5.74) is 19.3. The van der Waals surface area contributed by atoms with Gasteiger partial charge in [-0.25, -0.2) is 15.0 Å². The van der Waals surface area contributed by atoms with Gasteiger partial charge in [0.05, 0.1) is 24.3 Å². The number of carbonyl (C=O) groups excluding carboxylic acids is 1. The Morgan fingerprint density at radius 3 is 1.23 bits per heavy atom. The van der Waals surface area contributed by atoms with Gasteiger partial charge in [0.25, 0.3) is 0 Å². The van der Waals surface area contributed by atoms with E-state index in [9.17, 15) is 30.3 Å². The fourth-order valence-electron chi connectivity index (χ4n) is 15.7. The Hall–Kier alpha value is -10.7. The average Bonchev–Trinajstić information content (AvgIpc) is 1.52. The van der Waals surface area contributed by atoms with Crippen molar-refractivity contribution >= 4 is 73.9 Å². The normalized spacial score (nSPS) is 12.0. The molecule has 0 radical (unpaired) electrons. The fraction of sp³-hybridized carbons (Fsp3) is 0.402. The Balaban J connectivity index is 0.000000140. The van der Waals surface area contributed by atoms with Crippen LogP contribution < -0.4 is 4.74 Å². The number of hydrogen-bond acceptors (Lipinski definition) is 11. The van der Waals surface area contributed by atoms with Crippen molar-refractivity contribution in [3.63, 3.8) is 0 Å². The zero-order valence-electron chi connectivity index (χ0n) is 72.1. The minimum atomic E-state index is -0.247. The lowest BCUT2D eigenvalue weighted by atomic mass is 9.84. The third-order valence-corrected chi connectivity index (χ3v) is 23.1. The highest BCUT2D eigenvalue weighted by Crippen LogP contribution is 2.43. The van der Waals surface area contributed by atoms with Crippen LogP contribution in [-0.4, -0.2) is 102 Å². The summed E-state index contributed by atoms with van der Waals surface area (Å²) in [6, 6.07) is 46.2. The number of esters is 1. The number of phenols is 5. The van der Waals surface area contributed by atoms with E-state index in [4.69, 9.17) is 54.2 Å². The zero-order chi connectivity index (χ0) is 85.6. The predicted octanol–water partition coefficient (Wildman–Crippen LogP) is 25.2. The van der Waals surface area contributed by atoms with Crippen molar-refractivity contribution in [3.05, 3.63) is 211 Å². The van der Waals surface area contributed by atoms with Crippen molar-refractivity contribution in [1.82, 2.24) is 57.1 Å². The molecule has 0 atom stereocenters. The quantitative estimate of drug-likeness (QED) is 0.0203. The molecule has 634 valence electrons. The molecule has 0 saturated heterocycles. The van der Waals surface area contributed by atoms with Crippen molar-refractivity contribution in [2.24, 2.45) is 0 Å². The lowest BCUT2D eigenvalue weighted by molar-refractivity contribution is -0.143. The number of phenolic OH excluding ortho intramolecular Hbond substituents is 5. The molecule has 0 bridgehead atoms. The maximum atomic E-state index is 12.3. The minimum Gasteiger partial charge on any atom is -0.507 e. The van der Waals surface area contributed by atoms with Crippen LogP contribution in [0.25, 0.3) is 84.3 Å². The smallest absolute Gasteiger partial charge is 0.306 e. The van der Waals surface area contributed by atoms with E-state index < -0.39 is 0 Å². The Kier molecular flexibility index (Phi) is 27.3. The largest absolute Gasteiger partial charge is 0.507 e. The first kappa shape index (κ1) is 87.2. The van der Waals surface area contributed by atoms with Gasteiger partial charge in [0.2, 0.25) is 0 Å². The highest BCUT2D eigenvalue weighted by Gasteiger charge is 2.33. The number of aromatic hydroxyl groups is 5. The van der Waals surface area contributed by atoms with Crippen LogP contribution in [0.4, 0.5) is 0 Å². The molecule has 16 rings (SSSR count). The van der Waals surface area contributed by atoms with Crippen LogP contribution in [0, 0.1) is 34.6 Å². The number of hydrogen-bond donors (Lipinski definition) is 5. The molecule has 0 fully saturated rings. The van der Waals surface area contributed by atoms with Crippen LogP contribution in [0.15, 0.2) is 146 Å². The number of rotatable bonds is 31. The second-order valence-electron chi connectivity index (χ2n) is 34.4. The molecule has 0 aliphatic carbocycles. The van der Waals surface area contributed by atoms with Crippen LogP contribution in [0.2, 0.25) is 15.1 Å². The van der Waals surface area contributed by atoms with Crippen LogP contribution in [0.1, 0.15) is 234 Å². The summed E-state index contributed by atoms with van der Waals surface area (Å²) in [5.74, 6) is 2.94. The first-order valence-corrected chi connectivity index (χ1v) is 44.0. The summed E-state index contributed by atoms with van der Waals surface area (Å²) in [6.45, 7) is 30.3. The van der Waals surface area contributed by atoms with Crippen LogP contribution in [-0.2, 0) is 33.2 Å². The Labute approximate surface area is 718 Å². The molecule has 0 aliphatic heterocycles. The minimum absolute atomic E-state index is 0.0904. The van der Waals surface area contributed by atoms with Crippen molar-refractivity contribution in [2.75, 3.05) is 13.2 Å². The van der Waals surface area contributed by atoms with E-state index in [0.717, 1.165) is 144 Å². The Bertz CT molecular complexity index is 6090. The lowest BCUT2D eigenvalue weighted by Crippen LogP contribution is -2.13. The molecule has 23 heteroatoms. The molecule has 5 N–H and O–H groups in total. The van der Waals surface area contributed by atoms with E-state index >= 15 is 0 Å². The number of ether oxygens (including phenoxy) is 2. The van der Waals surface area contributed by atoms with Gasteiger partial charge in [-0.3, -0.25) is 4.79 Å². The Morgan fingerprint density at radius 2 is 0.775 bits per heavy atom. The van der Waals surface area contributed by atoms with Gasteiger partial charge in [0.1, 0.15) is 84.7 Å². The van der Waals surface area contributed by atoms with Crippen molar-refractivity contribution in [1.29, 1.82) is 0 Å². The van der Waals surface area contributed by atoms with E-state index in [0.29, 0.717) is 81.9 Å². The zero-order valence-corrected chi connectivity index (χ0v) is 74.3. The first-order chi connectivity index (χ1) is 57.5.